The van der Waals surface area contributed by atoms with Crippen molar-refractivity contribution in [3.8, 4) is 0 Å². The smallest absolute Gasteiger partial charge is 0.318 e. The Hall–Kier alpha value is -2.67. The van der Waals surface area contributed by atoms with Crippen LogP contribution in [0.25, 0.3) is 0 Å². The van der Waals surface area contributed by atoms with Crippen LogP contribution in [0.4, 0.5) is 10.1 Å². The Morgan fingerprint density at radius 3 is 2.30 bits per heavy atom. The number of halogens is 1. The number of rotatable bonds is 4. The predicted octanol–water partition coefficient (Wildman–Crippen LogP) is 2.64. The number of nitrogens with one attached hydrogen (secondary N) is 2. The molecule has 0 fully saturated rings. The lowest BCUT2D eigenvalue weighted by Gasteiger charge is -2.03. The third kappa shape index (κ3) is 5.23. The second kappa shape index (κ2) is 8.09. The van der Waals surface area contributed by atoms with Gasteiger partial charge in [0.05, 0.1) is 6.21 Å². The normalized spacial score (nSPS) is 10.5. The SMILES string of the molecule is CSc1ccc(/C=N\NC(=O)C(=O)Nc2ccc(F)cc2)cc1. The summed E-state index contributed by atoms with van der Waals surface area (Å²) < 4.78 is 12.7. The third-order valence-electron chi connectivity index (χ3n) is 2.80. The average Bonchev–Trinajstić information content (AvgIpc) is 2.57. The topological polar surface area (TPSA) is 70.6 Å². The van der Waals surface area contributed by atoms with Crippen LogP contribution in [-0.2, 0) is 9.59 Å². The Kier molecular flexibility index (Phi) is 5.87. The number of thioether (sulfide) groups is 1. The van der Waals surface area contributed by atoms with E-state index in [1.54, 1.807) is 11.8 Å². The number of carbonyl (C=O) groups excluding carboxylic acids is 2. The highest BCUT2D eigenvalue weighted by molar-refractivity contribution is 7.98. The van der Waals surface area contributed by atoms with Crippen LogP contribution in [0.2, 0.25) is 0 Å². The largest absolute Gasteiger partial charge is 0.329 e. The van der Waals surface area contributed by atoms with Gasteiger partial charge in [-0.3, -0.25) is 9.59 Å². The van der Waals surface area contributed by atoms with Gasteiger partial charge in [-0.2, -0.15) is 5.10 Å². The maximum absolute atomic E-state index is 12.7. The van der Waals surface area contributed by atoms with Crippen LogP contribution in [0.3, 0.4) is 0 Å². The van der Waals surface area contributed by atoms with Crippen molar-refractivity contribution < 1.29 is 14.0 Å². The minimum atomic E-state index is -0.911. The van der Waals surface area contributed by atoms with Crippen molar-refractivity contribution >= 4 is 35.5 Å². The first-order chi connectivity index (χ1) is 11.1. The van der Waals surface area contributed by atoms with Gasteiger partial charge < -0.3 is 5.32 Å². The van der Waals surface area contributed by atoms with Crippen molar-refractivity contribution in [2.24, 2.45) is 5.10 Å². The summed E-state index contributed by atoms with van der Waals surface area (Å²) in [5, 5.41) is 6.06. The maximum atomic E-state index is 12.7. The summed E-state index contributed by atoms with van der Waals surface area (Å²) in [6.45, 7) is 0. The van der Waals surface area contributed by atoms with Gasteiger partial charge in [0.15, 0.2) is 0 Å². The highest BCUT2D eigenvalue weighted by Crippen LogP contribution is 2.13. The molecule has 0 saturated carbocycles. The zero-order valence-corrected chi connectivity index (χ0v) is 13.1. The molecule has 0 aliphatic carbocycles. The van der Waals surface area contributed by atoms with Gasteiger partial charge >= 0.3 is 11.8 Å². The van der Waals surface area contributed by atoms with Gasteiger partial charge in [0.25, 0.3) is 0 Å². The first-order valence-electron chi connectivity index (χ1n) is 6.62. The molecule has 0 bridgehead atoms. The molecule has 0 atom stereocenters. The Balaban J connectivity index is 1.86. The molecule has 0 unspecified atom stereocenters. The molecular formula is C16H14FN3O2S. The lowest BCUT2D eigenvalue weighted by molar-refractivity contribution is -0.136. The van der Waals surface area contributed by atoms with E-state index in [0.717, 1.165) is 10.5 Å². The Morgan fingerprint density at radius 2 is 1.70 bits per heavy atom. The predicted molar refractivity (Wildman–Crippen MR) is 89.0 cm³/mol. The third-order valence-corrected chi connectivity index (χ3v) is 3.55. The van der Waals surface area contributed by atoms with Crippen molar-refractivity contribution in [2.75, 3.05) is 11.6 Å². The van der Waals surface area contributed by atoms with E-state index in [1.165, 1.54) is 30.5 Å². The summed E-state index contributed by atoms with van der Waals surface area (Å²) in [7, 11) is 0. The number of hydrogen-bond donors (Lipinski definition) is 2. The molecule has 2 amide bonds. The molecule has 2 rings (SSSR count). The molecule has 0 spiro atoms. The fourth-order valence-corrected chi connectivity index (χ4v) is 2.04. The lowest BCUT2D eigenvalue weighted by Crippen LogP contribution is -2.32. The van der Waals surface area contributed by atoms with E-state index in [4.69, 9.17) is 0 Å². The molecule has 2 N–H and O–H groups in total. The van der Waals surface area contributed by atoms with Crippen molar-refractivity contribution in [1.82, 2.24) is 5.43 Å². The number of anilines is 1. The van der Waals surface area contributed by atoms with Crippen LogP contribution in [0, 0.1) is 5.82 Å². The minimum absolute atomic E-state index is 0.322. The zero-order valence-electron chi connectivity index (χ0n) is 12.2. The first kappa shape index (κ1) is 16.7. The number of carbonyl (C=O) groups is 2. The van der Waals surface area contributed by atoms with E-state index in [9.17, 15) is 14.0 Å². The van der Waals surface area contributed by atoms with Crippen molar-refractivity contribution in [1.29, 1.82) is 0 Å². The van der Waals surface area contributed by atoms with E-state index in [-0.39, 0.29) is 0 Å². The fourth-order valence-electron chi connectivity index (χ4n) is 1.63. The van der Waals surface area contributed by atoms with Crippen LogP contribution in [-0.4, -0.2) is 24.3 Å². The van der Waals surface area contributed by atoms with Gasteiger partial charge in [-0.25, -0.2) is 9.82 Å². The second-order valence-electron chi connectivity index (χ2n) is 4.43. The molecular weight excluding hydrogens is 317 g/mol. The van der Waals surface area contributed by atoms with E-state index in [1.807, 2.05) is 30.5 Å². The molecule has 0 radical (unpaired) electrons. The van der Waals surface area contributed by atoms with Crippen LogP contribution in [0.15, 0.2) is 58.5 Å². The number of amides is 2. The van der Waals surface area contributed by atoms with Gasteiger partial charge in [-0.1, -0.05) is 12.1 Å². The summed E-state index contributed by atoms with van der Waals surface area (Å²) in [6, 6.07) is 12.6. The van der Waals surface area contributed by atoms with E-state index < -0.39 is 17.6 Å². The molecule has 0 aliphatic heterocycles. The summed E-state index contributed by atoms with van der Waals surface area (Å²) >= 11 is 1.62. The molecule has 0 aliphatic rings. The standard InChI is InChI=1S/C16H14FN3O2S/c1-23-14-8-2-11(3-9-14)10-18-20-16(22)15(21)19-13-6-4-12(17)5-7-13/h2-10H,1H3,(H,19,21)(H,20,22)/b18-10-. The lowest BCUT2D eigenvalue weighted by atomic mass is 10.2. The number of hydrazone groups is 1. The quantitative estimate of drug-likeness (QED) is 0.392. The second-order valence-corrected chi connectivity index (χ2v) is 5.31. The first-order valence-corrected chi connectivity index (χ1v) is 7.85. The van der Waals surface area contributed by atoms with Crippen LogP contribution in [0.1, 0.15) is 5.56 Å². The number of nitrogens with zero attached hydrogens (tertiary/aromatic N) is 1. The molecule has 0 saturated heterocycles. The Bertz CT molecular complexity index is 715. The van der Waals surface area contributed by atoms with Gasteiger partial charge in [0.1, 0.15) is 5.82 Å². The molecule has 7 heteroatoms. The van der Waals surface area contributed by atoms with Crippen molar-refractivity contribution in [3.05, 3.63) is 59.9 Å². The molecule has 0 aromatic heterocycles. The monoisotopic (exact) mass is 331 g/mol. The molecule has 2 aromatic rings. The zero-order chi connectivity index (χ0) is 16.7. The van der Waals surface area contributed by atoms with Gasteiger partial charge in [-0.15, -0.1) is 11.8 Å². The van der Waals surface area contributed by atoms with Crippen LogP contribution < -0.4 is 10.7 Å². The van der Waals surface area contributed by atoms with Gasteiger partial charge in [-0.05, 0) is 48.2 Å². The van der Waals surface area contributed by atoms with Crippen molar-refractivity contribution in [2.45, 2.75) is 4.90 Å². The summed E-state index contributed by atoms with van der Waals surface area (Å²) in [4.78, 5) is 24.3. The van der Waals surface area contributed by atoms with E-state index in [2.05, 4.69) is 15.8 Å². The van der Waals surface area contributed by atoms with E-state index in [0.29, 0.717) is 5.69 Å². The van der Waals surface area contributed by atoms with Crippen LogP contribution in [0.5, 0.6) is 0 Å². The molecule has 23 heavy (non-hydrogen) atoms. The van der Waals surface area contributed by atoms with Crippen LogP contribution >= 0.6 is 11.8 Å². The minimum Gasteiger partial charge on any atom is -0.318 e. The fraction of sp³-hybridized carbons (Fsp3) is 0.0625. The maximum Gasteiger partial charge on any atom is 0.329 e. The summed E-state index contributed by atoms with van der Waals surface area (Å²) in [5.41, 5.74) is 3.25. The van der Waals surface area contributed by atoms with Gasteiger partial charge in [0.2, 0.25) is 0 Å². The molecule has 2 aromatic carbocycles. The van der Waals surface area contributed by atoms with Crippen molar-refractivity contribution in [3.63, 3.8) is 0 Å². The molecule has 5 nitrogen and oxygen atoms in total. The summed E-state index contributed by atoms with van der Waals surface area (Å²) in [5.74, 6) is -2.22. The highest BCUT2D eigenvalue weighted by Gasteiger charge is 2.12. The highest BCUT2D eigenvalue weighted by atomic mass is 32.2. The average molecular weight is 331 g/mol. The Labute approximate surface area is 137 Å². The number of benzene rings is 2. The molecule has 0 heterocycles. The Morgan fingerprint density at radius 1 is 1.04 bits per heavy atom. The van der Waals surface area contributed by atoms with Gasteiger partial charge in [0, 0.05) is 10.6 Å². The summed E-state index contributed by atoms with van der Waals surface area (Å²) in [6.07, 6.45) is 3.41. The molecule has 118 valence electrons. The van der Waals surface area contributed by atoms with E-state index >= 15 is 0 Å². The number of hydrogen-bond acceptors (Lipinski definition) is 4.